The van der Waals surface area contributed by atoms with Gasteiger partial charge in [0.2, 0.25) is 5.91 Å². The fraction of sp³-hybridized carbons (Fsp3) is 0.105. The fourth-order valence-electron chi connectivity index (χ4n) is 2.39. The lowest BCUT2D eigenvalue weighted by atomic mass is 10.1. The van der Waals surface area contributed by atoms with Gasteiger partial charge in [0.1, 0.15) is 0 Å². The lowest BCUT2D eigenvalue weighted by Crippen LogP contribution is -2.16. The summed E-state index contributed by atoms with van der Waals surface area (Å²) in [6.45, 7) is 0. The number of thiophene rings is 1. The SMILES string of the molecule is O=C(CCc1ccccc1)Nc1ccc(-c2ccc(C(=O)NO)s2)nc1. The second-order valence-electron chi connectivity index (χ2n) is 5.57. The Kier molecular flexibility index (Phi) is 5.73. The highest BCUT2D eigenvalue weighted by molar-refractivity contribution is 7.17. The molecule has 0 saturated heterocycles. The lowest BCUT2D eigenvalue weighted by Gasteiger charge is -2.06. The van der Waals surface area contributed by atoms with Crippen molar-refractivity contribution in [3.8, 4) is 10.6 Å². The Labute approximate surface area is 154 Å². The van der Waals surface area contributed by atoms with E-state index in [1.165, 1.54) is 11.3 Å². The second-order valence-corrected chi connectivity index (χ2v) is 6.65. The van der Waals surface area contributed by atoms with Crippen molar-refractivity contribution in [1.29, 1.82) is 0 Å². The van der Waals surface area contributed by atoms with Crippen LogP contribution in [0.1, 0.15) is 21.7 Å². The third-order valence-electron chi connectivity index (χ3n) is 3.71. The number of hydrogen-bond donors (Lipinski definition) is 3. The maximum Gasteiger partial charge on any atom is 0.284 e. The Balaban J connectivity index is 1.58. The van der Waals surface area contributed by atoms with Crippen molar-refractivity contribution in [2.45, 2.75) is 12.8 Å². The number of carbonyl (C=O) groups excluding carboxylic acids is 2. The molecule has 6 nitrogen and oxygen atoms in total. The van der Waals surface area contributed by atoms with Crippen molar-refractivity contribution in [1.82, 2.24) is 10.5 Å². The number of hydroxylamine groups is 1. The number of nitrogens with one attached hydrogen (secondary N) is 2. The van der Waals surface area contributed by atoms with Crippen LogP contribution in [0.2, 0.25) is 0 Å². The zero-order valence-electron chi connectivity index (χ0n) is 13.8. The van der Waals surface area contributed by atoms with Gasteiger partial charge in [-0.2, -0.15) is 0 Å². The molecule has 7 heteroatoms. The highest BCUT2D eigenvalue weighted by atomic mass is 32.1. The van der Waals surface area contributed by atoms with E-state index in [1.807, 2.05) is 30.3 Å². The first-order valence-electron chi connectivity index (χ1n) is 8.00. The minimum atomic E-state index is -0.552. The van der Waals surface area contributed by atoms with Gasteiger partial charge >= 0.3 is 0 Å². The van der Waals surface area contributed by atoms with Crippen molar-refractivity contribution < 1.29 is 14.8 Å². The molecule has 0 saturated carbocycles. The van der Waals surface area contributed by atoms with Crippen LogP contribution in [-0.2, 0) is 11.2 Å². The number of nitrogens with zero attached hydrogens (tertiary/aromatic N) is 1. The Morgan fingerprint density at radius 3 is 2.54 bits per heavy atom. The first kappa shape index (κ1) is 17.8. The fourth-order valence-corrected chi connectivity index (χ4v) is 3.27. The van der Waals surface area contributed by atoms with Crippen LogP contribution in [0.5, 0.6) is 0 Å². The van der Waals surface area contributed by atoms with Crippen molar-refractivity contribution in [3.63, 3.8) is 0 Å². The monoisotopic (exact) mass is 367 g/mol. The molecule has 0 radical (unpaired) electrons. The van der Waals surface area contributed by atoms with Gasteiger partial charge < -0.3 is 5.32 Å². The normalized spacial score (nSPS) is 10.3. The van der Waals surface area contributed by atoms with Crippen molar-refractivity contribution in [2.75, 3.05) is 5.32 Å². The predicted molar refractivity (Wildman–Crippen MR) is 100 cm³/mol. The molecule has 26 heavy (non-hydrogen) atoms. The summed E-state index contributed by atoms with van der Waals surface area (Å²) in [6.07, 6.45) is 2.67. The van der Waals surface area contributed by atoms with E-state index in [4.69, 9.17) is 5.21 Å². The molecular formula is C19H17N3O3S. The number of pyridine rings is 1. The summed E-state index contributed by atoms with van der Waals surface area (Å²) in [4.78, 5) is 28.9. The smallest absolute Gasteiger partial charge is 0.284 e. The van der Waals surface area contributed by atoms with E-state index in [0.29, 0.717) is 29.1 Å². The van der Waals surface area contributed by atoms with E-state index in [2.05, 4.69) is 10.3 Å². The maximum absolute atomic E-state index is 12.0. The highest BCUT2D eigenvalue weighted by Crippen LogP contribution is 2.27. The van der Waals surface area contributed by atoms with Gasteiger partial charge in [0.05, 0.1) is 27.3 Å². The molecule has 1 aromatic carbocycles. The van der Waals surface area contributed by atoms with Gasteiger partial charge in [0.25, 0.3) is 5.91 Å². The van der Waals surface area contributed by atoms with Crippen LogP contribution in [-0.4, -0.2) is 22.0 Å². The van der Waals surface area contributed by atoms with Gasteiger partial charge in [-0.05, 0) is 36.2 Å². The molecule has 2 heterocycles. The minimum Gasteiger partial charge on any atom is -0.325 e. The molecule has 2 amide bonds. The Hall–Kier alpha value is -3.03. The standard InChI is InChI=1S/C19H17N3O3S/c23-18(11-6-13-4-2-1-3-5-13)21-14-7-8-15(20-12-14)16-9-10-17(26-16)19(24)22-25/h1-5,7-10,12,25H,6,11H2,(H,21,23)(H,22,24). The van der Waals surface area contributed by atoms with Gasteiger partial charge in [0, 0.05) is 6.42 Å². The predicted octanol–water partition coefficient (Wildman–Crippen LogP) is 3.50. The summed E-state index contributed by atoms with van der Waals surface area (Å²) in [7, 11) is 0. The van der Waals surface area contributed by atoms with Gasteiger partial charge in [-0.1, -0.05) is 30.3 Å². The number of aromatic nitrogens is 1. The summed E-state index contributed by atoms with van der Waals surface area (Å²) in [5.41, 5.74) is 4.04. The average molecular weight is 367 g/mol. The third kappa shape index (κ3) is 4.53. The second kappa shape index (κ2) is 8.37. The van der Waals surface area contributed by atoms with Gasteiger partial charge in [-0.25, -0.2) is 5.48 Å². The Morgan fingerprint density at radius 1 is 1.04 bits per heavy atom. The molecule has 0 spiro atoms. The Morgan fingerprint density at radius 2 is 1.85 bits per heavy atom. The zero-order valence-corrected chi connectivity index (χ0v) is 14.6. The average Bonchev–Trinajstić information content (AvgIpc) is 3.17. The van der Waals surface area contributed by atoms with E-state index >= 15 is 0 Å². The number of aryl methyl sites for hydroxylation is 1. The number of carbonyl (C=O) groups is 2. The van der Waals surface area contributed by atoms with Gasteiger partial charge in [0.15, 0.2) is 0 Å². The zero-order chi connectivity index (χ0) is 18.4. The maximum atomic E-state index is 12.0. The molecule has 0 aliphatic rings. The first-order chi connectivity index (χ1) is 12.7. The van der Waals surface area contributed by atoms with E-state index in [-0.39, 0.29) is 5.91 Å². The van der Waals surface area contributed by atoms with Crippen LogP contribution in [0.15, 0.2) is 60.8 Å². The summed E-state index contributed by atoms with van der Waals surface area (Å²) in [6, 6.07) is 16.8. The molecule has 0 fully saturated rings. The van der Waals surface area contributed by atoms with E-state index in [1.54, 1.807) is 35.9 Å². The summed E-state index contributed by atoms with van der Waals surface area (Å²) >= 11 is 1.22. The van der Waals surface area contributed by atoms with Crippen LogP contribution in [0.3, 0.4) is 0 Å². The van der Waals surface area contributed by atoms with E-state index in [9.17, 15) is 9.59 Å². The van der Waals surface area contributed by atoms with Crippen LogP contribution < -0.4 is 10.8 Å². The number of benzene rings is 1. The van der Waals surface area contributed by atoms with Crippen LogP contribution >= 0.6 is 11.3 Å². The molecule has 3 rings (SSSR count). The molecule has 3 N–H and O–H groups in total. The molecule has 0 unspecified atom stereocenters. The van der Waals surface area contributed by atoms with Crippen LogP contribution in [0.25, 0.3) is 10.6 Å². The summed E-state index contributed by atoms with van der Waals surface area (Å²) in [5, 5.41) is 11.5. The van der Waals surface area contributed by atoms with Crippen LogP contribution in [0.4, 0.5) is 5.69 Å². The minimum absolute atomic E-state index is 0.0681. The van der Waals surface area contributed by atoms with E-state index < -0.39 is 5.91 Å². The molecule has 0 bridgehead atoms. The Bertz CT molecular complexity index is 892. The molecule has 0 atom stereocenters. The number of anilines is 1. The van der Waals surface area contributed by atoms with Gasteiger partial charge in [-0.15, -0.1) is 11.3 Å². The molecule has 0 aliphatic carbocycles. The lowest BCUT2D eigenvalue weighted by molar-refractivity contribution is -0.116. The number of hydrogen-bond acceptors (Lipinski definition) is 5. The van der Waals surface area contributed by atoms with Crippen LogP contribution in [0, 0.1) is 0 Å². The molecule has 3 aromatic rings. The summed E-state index contributed by atoms with van der Waals surface area (Å²) in [5.74, 6) is -0.620. The van der Waals surface area contributed by atoms with Gasteiger partial charge in [-0.3, -0.25) is 19.8 Å². The molecule has 132 valence electrons. The largest absolute Gasteiger partial charge is 0.325 e. The number of amides is 2. The summed E-state index contributed by atoms with van der Waals surface area (Å²) < 4.78 is 0. The topological polar surface area (TPSA) is 91.3 Å². The third-order valence-corrected chi connectivity index (χ3v) is 4.82. The van der Waals surface area contributed by atoms with Crippen molar-refractivity contribution in [3.05, 3.63) is 71.2 Å². The molecular weight excluding hydrogens is 350 g/mol. The number of rotatable bonds is 6. The quantitative estimate of drug-likeness (QED) is 0.459. The van der Waals surface area contributed by atoms with Crippen molar-refractivity contribution in [2.24, 2.45) is 0 Å². The van der Waals surface area contributed by atoms with Crippen molar-refractivity contribution >= 4 is 28.8 Å². The first-order valence-corrected chi connectivity index (χ1v) is 8.82. The highest BCUT2D eigenvalue weighted by Gasteiger charge is 2.10. The molecule has 2 aromatic heterocycles. The van der Waals surface area contributed by atoms with E-state index in [0.717, 1.165) is 10.4 Å². The molecule has 0 aliphatic heterocycles.